The Balaban J connectivity index is 1.60. The van der Waals surface area contributed by atoms with Gasteiger partial charge in [-0.2, -0.15) is 0 Å². The lowest BCUT2D eigenvalue weighted by atomic mass is 10.0. The van der Waals surface area contributed by atoms with Gasteiger partial charge in [0, 0.05) is 18.5 Å². The molecule has 2 N–H and O–H groups in total. The van der Waals surface area contributed by atoms with Crippen LogP contribution in [-0.4, -0.2) is 21.3 Å². The maximum atomic E-state index is 12.8. The topological polar surface area (TPSA) is 86.5 Å². The second-order valence-electron chi connectivity index (χ2n) is 7.62. The van der Waals surface area contributed by atoms with Crippen molar-refractivity contribution in [1.82, 2.24) is 0 Å². The molecule has 0 aliphatic rings. The smallest absolute Gasteiger partial charge is 0.182 e. The number of para-hydroxylation sites is 1. The first-order valence-corrected chi connectivity index (χ1v) is 11.7. The van der Waals surface area contributed by atoms with Crippen LogP contribution in [-0.2, 0) is 33.2 Å². The Hall–Kier alpha value is -3.12. The van der Waals surface area contributed by atoms with E-state index in [0.717, 1.165) is 16.7 Å². The lowest BCUT2D eigenvalue weighted by molar-refractivity contribution is -0.118. The zero-order valence-corrected chi connectivity index (χ0v) is 18.6. The summed E-state index contributed by atoms with van der Waals surface area (Å²) >= 11 is 0. The quantitative estimate of drug-likeness (QED) is 0.504. The van der Waals surface area contributed by atoms with Crippen molar-refractivity contribution in [2.75, 3.05) is 12.8 Å². The third kappa shape index (κ3) is 5.95. The van der Waals surface area contributed by atoms with E-state index in [2.05, 4.69) is 0 Å². The third-order valence-electron chi connectivity index (χ3n) is 5.25. The summed E-state index contributed by atoms with van der Waals surface area (Å²) in [6.07, 6.45) is 1.34. The van der Waals surface area contributed by atoms with Gasteiger partial charge in [0.2, 0.25) is 0 Å². The van der Waals surface area contributed by atoms with Crippen LogP contribution >= 0.6 is 0 Å². The van der Waals surface area contributed by atoms with E-state index in [0.29, 0.717) is 36.3 Å². The zero-order chi connectivity index (χ0) is 22.4. The number of nitrogen functional groups attached to an aromatic ring is 1. The summed E-state index contributed by atoms with van der Waals surface area (Å²) in [6.45, 7) is 1.87. The van der Waals surface area contributed by atoms with Gasteiger partial charge in [-0.1, -0.05) is 48.5 Å². The highest BCUT2D eigenvalue weighted by atomic mass is 32.2. The van der Waals surface area contributed by atoms with Crippen LogP contribution in [0.2, 0.25) is 0 Å². The summed E-state index contributed by atoms with van der Waals surface area (Å²) < 4.78 is 30.8. The van der Waals surface area contributed by atoms with Gasteiger partial charge in [0.25, 0.3) is 0 Å². The first-order valence-electron chi connectivity index (χ1n) is 10.1. The van der Waals surface area contributed by atoms with Crippen molar-refractivity contribution in [1.29, 1.82) is 0 Å². The first kappa shape index (κ1) is 22.6. The fraction of sp³-hybridized carbons (Fsp3) is 0.240. The molecule has 0 saturated carbocycles. The van der Waals surface area contributed by atoms with Crippen molar-refractivity contribution < 1.29 is 17.9 Å². The number of rotatable bonds is 9. The molecule has 0 saturated heterocycles. The fourth-order valence-electron chi connectivity index (χ4n) is 3.38. The van der Waals surface area contributed by atoms with Gasteiger partial charge in [-0.25, -0.2) is 8.42 Å². The van der Waals surface area contributed by atoms with Crippen LogP contribution in [0.4, 0.5) is 5.69 Å². The van der Waals surface area contributed by atoms with Crippen molar-refractivity contribution in [3.63, 3.8) is 0 Å². The second kappa shape index (κ2) is 9.79. The van der Waals surface area contributed by atoms with Crippen LogP contribution in [0, 0.1) is 6.92 Å². The lowest BCUT2D eigenvalue weighted by Gasteiger charge is -2.09. The van der Waals surface area contributed by atoms with Gasteiger partial charge < -0.3 is 10.5 Å². The Kier molecular flexibility index (Phi) is 7.13. The lowest BCUT2D eigenvalue weighted by Crippen LogP contribution is -2.07. The molecule has 0 bridgehead atoms. The molecule has 0 fully saturated rings. The van der Waals surface area contributed by atoms with Crippen LogP contribution in [0.1, 0.15) is 28.7 Å². The normalized spacial score (nSPS) is 11.3. The van der Waals surface area contributed by atoms with Gasteiger partial charge in [0.15, 0.2) is 9.84 Å². The van der Waals surface area contributed by atoms with E-state index in [4.69, 9.17) is 10.5 Å². The molecule has 6 heteroatoms. The molecule has 0 radical (unpaired) electrons. The van der Waals surface area contributed by atoms with Crippen molar-refractivity contribution in [3.8, 4) is 5.75 Å². The van der Waals surface area contributed by atoms with Crippen LogP contribution < -0.4 is 10.5 Å². The number of methoxy groups -OCH3 is 1. The number of Topliss-reactive ketones (excluding diaryl/α,β-unsaturated/α-hetero) is 1. The minimum absolute atomic E-state index is 0.0916. The fourth-order valence-corrected chi connectivity index (χ4v) is 4.74. The zero-order valence-electron chi connectivity index (χ0n) is 17.8. The SMILES string of the molecule is COc1cc(S(=O)(=O)Cc2ccc(CCC(=O)Cc3ccccc3N)cc2)ccc1C. The largest absolute Gasteiger partial charge is 0.496 e. The molecule has 3 aromatic rings. The van der Waals surface area contributed by atoms with Crippen LogP contribution in [0.25, 0.3) is 0 Å². The van der Waals surface area contributed by atoms with Crippen LogP contribution in [0.3, 0.4) is 0 Å². The van der Waals surface area contributed by atoms with E-state index in [9.17, 15) is 13.2 Å². The Bertz CT molecular complexity index is 1170. The number of aryl methyl sites for hydroxylation is 2. The van der Waals surface area contributed by atoms with Gasteiger partial charge in [-0.3, -0.25) is 4.79 Å². The number of ether oxygens (including phenoxy) is 1. The van der Waals surface area contributed by atoms with Crippen LogP contribution in [0.15, 0.2) is 71.6 Å². The molecular formula is C25H27NO4S. The van der Waals surface area contributed by atoms with Gasteiger partial charge in [-0.05, 0) is 53.8 Å². The molecule has 3 aromatic carbocycles. The van der Waals surface area contributed by atoms with E-state index < -0.39 is 9.84 Å². The predicted octanol–water partition coefficient (Wildman–Crippen LogP) is 4.30. The highest BCUT2D eigenvalue weighted by Crippen LogP contribution is 2.25. The molecule has 162 valence electrons. The van der Waals surface area contributed by atoms with E-state index >= 15 is 0 Å². The number of sulfone groups is 1. The number of hydrogen-bond donors (Lipinski definition) is 1. The first-order chi connectivity index (χ1) is 14.8. The van der Waals surface area contributed by atoms with Gasteiger partial charge in [0.05, 0.1) is 17.8 Å². The van der Waals surface area contributed by atoms with Crippen molar-refractivity contribution >= 4 is 21.3 Å². The number of benzene rings is 3. The average molecular weight is 438 g/mol. The summed E-state index contributed by atoms with van der Waals surface area (Å²) in [5.41, 5.74) is 9.96. The maximum absolute atomic E-state index is 12.8. The highest BCUT2D eigenvalue weighted by Gasteiger charge is 2.17. The molecule has 0 atom stereocenters. The number of hydrogen-bond acceptors (Lipinski definition) is 5. The summed E-state index contributed by atoms with van der Waals surface area (Å²) in [5, 5.41) is 0. The van der Waals surface area contributed by atoms with Crippen LogP contribution in [0.5, 0.6) is 5.75 Å². The molecule has 5 nitrogen and oxygen atoms in total. The molecule has 0 amide bonds. The standard InChI is InChI=1S/C25H27NO4S/c1-18-7-14-23(16-25(18)30-2)31(28,29)17-20-10-8-19(9-11-20)12-13-22(27)15-21-5-3-4-6-24(21)26/h3-11,14,16H,12-13,15,17,26H2,1-2H3. The Labute approximate surface area is 183 Å². The molecule has 31 heavy (non-hydrogen) atoms. The molecule has 0 aliphatic carbocycles. The molecule has 0 spiro atoms. The van der Waals surface area contributed by atoms with E-state index in [-0.39, 0.29) is 16.4 Å². The molecule has 0 unspecified atom stereocenters. The van der Waals surface area contributed by atoms with Crippen molar-refractivity contribution in [2.24, 2.45) is 0 Å². The van der Waals surface area contributed by atoms with Gasteiger partial charge in [0.1, 0.15) is 11.5 Å². The summed E-state index contributed by atoms with van der Waals surface area (Å²) in [5.74, 6) is 0.585. The number of anilines is 1. The Morgan fingerprint density at radius 3 is 2.32 bits per heavy atom. The van der Waals surface area contributed by atoms with E-state index in [1.165, 1.54) is 7.11 Å². The average Bonchev–Trinajstić information content (AvgIpc) is 2.75. The van der Waals surface area contributed by atoms with Crippen molar-refractivity contribution in [3.05, 3.63) is 89.0 Å². The summed E-state index contributed by atoms with van der Waals surface area (Å²) in [4.78, 5) is 12.5. The highest BCUT2D eigenvalue weighted by molar-refractivity contribution is 7.90. The number of ketones is 1. The number of carbonyl (C=O) groups is 1. The molecule has 0 aromatic heterocycles. The number of carbonyl (C=O) groups excluding carboxylic acids is 1. The van der Waals surface area contributed by atoms with E-state index in [1.54, 1.807) is 36.4 Å². The minimum Gasteiger partial charge on any atom is -0.496 e. The Morgan fingerprint density at radius 2 is 1.65 bits per heavy atom. The maximum Gasteiger partial charge on any atom is 0.182 e. The monoisotopic (exact) mass is 437 g/mol. The third-order valence-corrected chi connectivity index (χ3v) is 6.94. The van der Waals surface area contributed by atoms with Crippen molar-refractivity contribution in [2.45, 2.75) is 36.8 Å². The van der Waals surface area contributed by atoms with Gasteiger partial charge in [-0.15, -0.1) is 0 Å². The summed E-state index contributed by atoms with van der Waals surface area (Å²) in [6, 6.07) is 19.7. The molecule has 0 aliphatic heterocycles. The second-order valence-corrected chi connectivity index (χ2v) is 9.61. The van der Waals surface area contributed by atoms with Gasteiger partial charge >= 0.3 is 0 Å². The van der Waals surface area contributed by atoms with E-state index in [1.807, 2.05) is 37.3 Å². The summed E-state index contributed by atoms with van der Waals surface area (Å²) in [7, 11) is -1.96. The Morgan fingerprint density at radius 1 is 0.968 bits per heavy atom. The molecule has 3 rings (SSSR count). The minimum atomic E-state index is -3.49. The predicted molar refractivity (Wildman–Crippen MR) is 123 cm³/mol. The molecule has 0 heterocycles. The molecular weight excluding hydrogens is 410 g/mol. The number of nitrogens with two attached hydrogens (primary N) is 1.